The van der Waals surface area contributed by atoms with Crippen molar-refractivity contribution in [2.75, 3.05) is 5.32 Å². The number of Topliss-reactive ketones (excluding diaryl/α,β-unsaturated/α-hetero) is 1. The van der Waals surface area contributed by atoms with E-state index in [9.17, 15) is 9.59 Å². The molecule has 3 aromatic carbocycles. The molecule has 1 amide bonds. The molecule has 1 aromatic heterocycles. The minimum atomic E-state index is -0.926. The molecule has 1 heterocycles. The van der Waals surface area contributed by atoms with Crippen molar-refractivity contribution >= 4 is 40.1 Å². The maximum Gasteiger partial charge on any atom is 0.253 e. The highest BCUT2D eigenvalue weighted by Crippen LogP contribution is 2.26. The van der Waals surface area contributed by atoms with Crippen molar-refractivity contribution in [1.82, 2.24) is 5.32 Å². The first kappa shape index (κ1) is 23.1. The number of carbonyl (C=O) groups excluding carboxylic acids is 2. The van der Waals surface area contributed by atoms with Crippen molar-refractivity contribution in [3.05, 3.63) is 112 Å². The van der Waals surface area contributed by atoms with Gasteiger partial charge in [0, 0.05) is 11.3 Å². The van der Waals surface area contributed by atoms with Gasteiger partial charge in [0.15, 0.2) is 6.17 Å². The molecule has 0 aliphatic carbocycles. The van der Waals surface area contributed by atoms with E-state index in [1.807, 2.05) is 73.8 Å². The molecule has 7 heteroatoms. The molecule has 1 atom stereocenters. The molecule has 0 saturated heterocycles. The molecule has 0 unspecified atom stereocenters. The lowest BCUT2D eigenvalue weighted by atomic mass is 10.1. The van der Waals surface area contributed by atoms with Gasteiger partial charge in [0.2, 0.25) is 5.78 Å². The van der Waals surface area contributed by atoms with Crippen LogP contribution in [0.2, 0.25) is 0 Å². The summed E-state index contributed by atoms with van der Waals surface area (Å²) < 4.78 is 0. The summed E-state index contributed by atoms with van der Waals surface area (Å²) in [5.41, 5.74) is 4.63. The number of azo groups is 1. The van der Waals surface area contributed by atoms with E-state index < -0.39 is 6.17 Å². The van der Waals surface area contributed by atoms with E-state index in [1.165, 1.54) is 11.3 Å². The minimum absolute atomic E-state index is 0.206. The molecule has 4 rings (SSSR count). The predicted octanol–water partition coefficient (Wildman–Crippen LogP) is 6.83. The second kappa shape index (κ2) is 10.7. The normalized spacial score (nSPS) is 11.8. The van der Waals surface area contributed by atoms with Crippen LogP contribution in [0, 0.1) is 13.8 Å². The average Bonchev–Trinajstić information content (AvgIpc) is 3.39. The average molecular weight is 469 g/mol. The smallest absolute Gasteiger partial charge is 0.253 e. The topological polar surface area (TPSA) is 82.9 Å². The fourth-order valence-electron chi connectivity index (χ4n) is 3.35. The van der Waals surface area contributed by atoms with Crippen molar-refractivity contribution < 1.29 is 9.59 Å². The molecule has 170 valence electrons. The number of thiophene rings is 1. The molecular formula is C27H24N4O2S. The Bertz CT molecular complexity index is 1320. The van der Waals surface area contributed by atoms with E-state index in [-0.39, 0.29) is 11.7 Å². The molecule has 0 aliphatic rings. The number of amides is 1. The van der Waals surface area contributed by atoms with Crippen LogP contribution in [0.3, 0.4) is 0 Å². The zero-order valence-corrected chi connectivity index (χ0v) is 19.7. The van der Waals surface area contributed by atoms with Crippen LogP contribution in [0.1, 0.15) is 31.2 Å². The molecule has 6 nitrogen and oxygen atoms in total. The van der Waals surface area contributed by atoms with E-state index in [2.05, 4.69) is 20.9 Å². The number of nitrogens with zero attached hydrogens (tertiary/aromatic N) is 2. The highest BCUT2D eigenvalue weighted by atomic mass is 32.1. The molecular weight excluding hydrogens is 444 g/mol. The fourth-order valence-corrected chi connectivity index (χ4v) is 4.04. The number of nitrogens with one attached hydrogen (secondary N) is 2. The Morgan fingerprint density at radius 2 is 1.59 bits per heavy atom. The first-order valence-corrected chi connectivity index (χ1v) is 11.7. The molecule has 0 fully saturated rings. The first-order valence-electron chi connectivity index (χ1n) is 10.8. The third-order valence-corrected chi connectivity index (χ3v) is 6.12. The number of carbonyl (C=O) groups is 2. The van der Waals surface area contributed by atoms with Crippen LogP contribution >= 0.6 is 11.3 Å². The van der Waals surface area contributed by atoms with E-state index in [4.69, 9.17) is 0 Å². The summed E-state index contributed by atoms with van der Waals surface area (Å²) in [5, 5.41) is 16.5. The number of hydrogen-bond donors (Lipinski definition) is 2. The van der Waals surface area contributed by atoms with E-state index >= 15 is 0 Å². The number of anilines is 1. The number of ketones is 1. The highest BCUT2D eigenvalue weighted by molar-refractivity contribution is 7.12. The number of aryl methyl sites for hydroxylation is 2. The Labute approximate surface area is 202 Å². The van der Waals surface area contributed by atoms with Gasteiger partial charge in [-0.2, -0.15) is 10.2 Å². The van der Waals surface area contributed by atoms with Gasteiger partial charge in [0.25, 0.3) is 5.91 Å². The van der Waals surface area contributed by atoms with Crippen LogP contribution in [-0.4, -0.2) is 17.9 Å². The summed E-state index contributed by atoms with van der Waals surface area (Å²) in [6.45, 7) is 3.90. The Kier molecular flexibility index (Phi) is 7.25. The molecule has 0 bridgehead atoms. The van der Waals surface area contributed by atoms with Crippen molar-refractivity contribution in [3.63, 3.8) is 0 Å². The fraction of sp³-hybridized carbons (Fsp3) is 0.111. The summed E-state index contributed by atoms with van der Waals surface area (Å²) in [6, 6.07) is 25.7. The zero-order valence-electron chi connectivity index (χ0n) is 18.9. The second-order valence-corrected chi connectivity index (χ2v) is 8.69. The predicted molar refractivity (Wildman–Crippen MR) is 137 cm³/mol. The van der Waals surface area contributed by atoms with Gasteiger partial charge < -0.3 is 10.6 Å². The van der Waals surface area contributed by atoms with Gasteiger partial charge in [-0.25, -0.2) is 0 Å². The van der Waals surface area contributed by atoms with Crippen LogP contribution in [0.4, 0.5) is 17.1 Å². The second-order valence-electron chi connectivity index (χ2n) is 7.74. The summed E-state index contributed by atoms with van der Waals surface area (Å²) in [7, 11) is 0. The third-order valence-electron chi connectivity index (χ3n) is 5.24. The summed E-state index contributed by atoms with van der Waals surface area (Å²) in [6.07, 6.45) is -0.926. The molecule has 34 heavy (non-hydrogen) atoms. The van der Waals surface area contributed by atoms with E-state index in [1.54, 1.807) is 30.3 Å². The SMILES string of the molecule is Cc1ccccc1N=Nc1ccc(N[C@@H](NC(=O)c2ccccc2)C(=O)c2cccs2)c(C)c1. The first-order chi connectivity index (χ1) is 16.5. The molecule has 0 saturated carbocycles. The van der Waals surface area contributed by atoms with Crippen molar-refractivity contribution in [2.24, 2.45) is 10.2 Å². The van der Waals surface area contributed by atoms with Crippen LogP contribution < -0.4 is 10.6 Å². The molecule has 4 aromatic rings. The molecule has 2 N–H and O–H groups in total. The van der Waals surface area contributed by atoms with Gasteiger partial charge >= 0.3 is 0 Å². The third kappa shape index (κ3) is 5.63. The van der Waals surface area contributed by atoms with Gasteiger partial charge in [-0.15, -0.1) is 11.3 Å². The Morgan fingerprint density at radius 3 is 2.29 bits per heavy atom. The van der Waals surface area contributed by atoms with Gasteiger partial charge in [0.1, 0.15) is 0 Å². The van der Waals surface area contributed by atoms with Gasteiger partial charge in [-0.1, -0.05) is 42.5 Å². The van der Waals surface area contributed by atoms with E-state index in [0.717, 1.165) is 22.5 Å². The number of benzene rings is 3. The highest BCUT2D eigenvalue weighted by Gasteiger charge is 2.24. The lowest BCUT2D eigenvalue weighted by molar-refractivity contribution is 0.0871. The van der Waals surface area contributed by atoms with Crippen LogP contribution in [0.25, 0.3) is 0 Å². The van der Waals surface area contributed by atoms with Gasteiger partial charge in [-0.05, 0) is 72.8 Å². The maximum absolute atomic E-state index is 13.1. The summed E-state index contributed by atoms with van der Waals surface area (Å²) in [4.78, 5) is 26.5. The molecule has 0 aliphatic heterocycles. The standard InChI is InChI=1S/C27H24N4O2S/c1-18-9-6-7-12-23(18)31-30-21-14-15-22(19(2)17-21)28-26(25(32)24-13-8-16-34-24)29-27(33)20-10-4-3-5-11-20/h3-17,26,28H,1-2H3,(H,29,33)/t26-/m0/s1. The number of rotatable bonds is 8. The lowest BCUT2D eigenvalue weighted by Crippen LogP contribution is -2.46. The van der Waals surface area contributed by atoms with Crippen molar-refractivity contribution in [2.45, 2.75) is 20.0 Å². The molecule has 0 spiro atoms. The van der Waals surface area contributed by atoms with Gasteiger partial charge in [-0.3, -0.25) is 9.59 Å². The molecule has 0 radical (unpaired) electrons. The van der Waals surface area contributed by atoms with Crippen molar-refractivity contribution in [3.8, 4) is 0 Å². The van der Waals surface area contributed by atoms with Crippen LogP contribution in [0.5, 0.6) is 0 Å². The zero-order chi connectivity index (χ0) is 23.9. The largest absolute Gasteiger partial charge is 0.359 e. The minimum Gasteiger partial charge on any atom is -0.359 e. The summed E-state index contributed by atoms with van der Waals surface area (Å²) in [5.74, 6) is -0.536. The van der Waals surface area contributed by atoms with Crippen LogP contribution in [-0.2, 0) is 0 Å². The quantitative estimate of drug-likeness (QED) is 0.169. The lowest BCUT2D eigenvalue weighted by Gasteiger charge is -2.21. The van der Waals surface area contributed by atoms with Gasteiger partial charge in [0.05, 0.1) is 16.3 Å². The monoisotopic (exact) mass is 468 g/mol. The Morgan fingerprint density at radius 1 is 0.824 bits per heavy atom. The maximum atomic E-state index is 13.1. The van der Waals surface area contributed by atoms with Crippen LogP contribution in [0.15, 0.2) is 101 Å². The van der Waals surface area contributed by atoms with E-state index in [0.29, 0.717) is 16.1 Å². The number of hydrogen-bond acceptors (Lipinski definition) is 6. The van der Waals surface area contributed by atoms with Crippen molar-refractivity contribution in [1.29, 1.82) is 0 Å². The Balaban J connectivity index is 1.55. The summed E-state index contributed by atoms with van der Waals surface area (Å²) >= 11 is 1.34. The Hall–Kier alpha value is -4.10.